The molecule has 1 aromatic carbocycles. The number of rotatable bonds is 3. The molecule has 0 radical (unpaired) electrons. The molecule has 0 fully saturated rings. The lowest BCUT2D eigenvalue weighted by atomic mass is 9.81. The van der Waals surface area contributed by atoms with Gasteiger partial charge in [-0.25, -0.2) is 0 Å². The lowest BCUT2D eigenvalue weighted by Crippen LogP contribution is -2.16. The van der Waals surface area contributed by atoms with Crippen LogP contribution in [-0.2, 0) is 5.41 Å². The van der Waals surface area contributed by atoms with E-state index in [0.29, 0.717) is 5.75 Å². The van der Waals surface area contributed by atoms with E-state index >= 15 is 0 Å². The summed E-state index contributed by atoms with van der Waals surface area (Å²) in [6.07, 6.45) is 1.01. The van der Waals surface area contributed by atoms with Gasteiger partial charge in [-0.2, -0.15) is 0 Å². The second-order valence-electron chi connectivity index (χ2n) is 4.12. The summed E-state index contributed by atoms with van der Waals surface area (Å²) in [7, 11) is 1.65. The third-order valence-electron chi connectivity index (χ3n) is 2.80. The summed E-state index contributed by atoms with van der Waals surface area (Å²) in [5, 5.41) is 9.44. The summed E-state index contributed by atoms with van der Waals surface area (Å²) >= 11 is 0. The second kappa shape index (κ2) is 3.91. The Labute approximate surface area is 85.5 Å². The fourth-order valence-electron chi connectivity index (χ4n) is 1.42. The molecule has 1 aromatic rings. The molecule has 0 atom stereocenters. The Bertz CT molecular complexity index is 316. The van der Waals surface area contributed by atoms with Gasteiger partial charge in [0.2, 0.25) is 0 Å². The summed E-state index contributed by atoms with van der Waals surface area (Å²) in [5.74, 6) is 1.14. The Kier molecular flexibility index (Phi) is 3.04. The van der Waals surface area contributed by atoms with Crippen LogP contribution in [0.3, 0.4) is 0 Å². The van der Waals surface area contributed by atoms with Crippen molar-refractivity contribution in [1.29, 1.82) is 0 Å². The zero-order valence-corrected chi connectivity index (χ0v) is 9.29. The van der Waals surface area contributed by atoms with Crippen LogP contribution < -0.4 is 4.74 Å². The van der Waals surface area contributed by atoms with Crippen LogP contribution in [-0.4, -0.2) is 12.2 Å². The number of hydrogen-bond donors (Lipinski definition) is 1. The van der Waals surface area contributed by atoms with E-state index < -0.39 is 0 Å². The SMILES string of the molecule is CCC(C)(C)c1cc(O)ccc1OC. The van der Waals surface area contributed by atoms with Gasteiger partial charge in [0.25, 0.3) is 0 Å². The molecular formula is C12H18O2. The zero-order chi connectivity index (χ0) is 10.8. The third kappa shape index (κ3) is 2.00. The van der Waals surface area contributed by atoms with Crippen LogP contribution in [0.2, 0.25) is 0 Å². The number of hydrogen-bond acceptors (Lipinski definition) is 2. The van der Waals surface area contributed by atoms with Gasteiger partial charge in [-0.3, -0.25) is 0 Å². The Morgan fingerprint density at radius 3 is 2.50 bits per heavy atom. The van der Waals surface area contributed by atoms with Crippen molar-refractivity contribution >= 4 is 0 Å². The minimum absolute atomic E-state index is 0.0318. The molecule has 2 heteroatoms. The highest BCUT2D eigenvalue weighted by Gasteiger charge is 2.22. The molecule has 0 aromatic heterocycles. The van der Waals surface area contributed by atoms with Crippen LogP contribution in [0.1, 0.15) is 32.8 Å². The molecule has 0 amide bonds. The molecule has 0 bridgehead atoms. The van der Waals surface area contributed by atoms with Gasteiger partial charge in [0.15, 0.2) is 0 Å². The summed E-state index contributed by atoms with van der Waals surface area (Å²) in [6, 6.07) is 5.23. The van der Waals surface area contributed by atoms with Crippen molar-refractivity contribution in [3.63, 3.8) is 0 Å². The van der Waals surface area contributed by atoms with Crippen molar-refractivity contribution in [1.82, 2.24) is 0 Å². The van der Waals surface area contributed by atoms with Gasteiger partial charge >= 0.3 is 0 Å². The van der Waals surface area contributed by atoms with Crippen LogP contribution in [0.25, 0.3) is 0 Å². The van der Waals surface area contributed by atoms with Gasteiger partial charge in [-0.15, -0.1) is 0 Å². The standard InChI is InChI=1S/C12H18O2/c1-5-12(2,3)10-8-9(13)6-7-11(10)14-4/h6-8,13H,5H2,1-4H3. The highest BCUT2D eigenvalue weighted by Crippen LogP contribution is 2.36. The topological polar surface area (TPSA) is 29.5 Å². The summed E-state index contributed by atoms with van der Waals surface area (Å²) in [4.78, 5) is 0. The van der Waals surface area contributed by atoms with Crippen LogP contribution >= 0.6 is 0 Å². The summed E-state index contributed by atoms with van der Waals surface area (Å²) < 4.78 is 5.28. The molecule has 1 N–H and O–H groups in total. The smallest absolute Gasteiger partial charge is 0.122 e. The van der Waals surface area contributed by atoms with Crippen molar-refractivity contribution in [2.75, 3.05) is 7.11 Å². The zero-order valence-electron chi connectivity index (χ0n) is 9.29. The lowest BCUT2D eigenvalue weighted by molar-refractivity contribution is 0.385. The van der Waals surface area contributed by atoms with E-state index in [4.69, 9.17) is 4.74 Å². The minimum atomic E-state index is 0.0318. The average Bonchev–Trinajstić information content (AvgIpc) is 2.18. The second-order valence-corrected chi connectivity index (χ2v) is 4.12. The van der Waals surface area contributed by atoms with E-state index in [9.17, 15) is 5.11 Å². The maximum Gasteiger partial charge on any atom is 0.122 e. The molecule has 1 rings (SSSR count). The van der Waals surface area contributed by atoms with E-state index in [-0.39, 0.29) is 5.41 Å². The molecule has 0 heterocycles. The summed E-state index contributed by atoms with van der Waals surface area (Å²) in [6.45, 7) is 6.41. The molecule has 14 heavy (non-hydrogen) atoms. The number of aromatic hydroxyl groups is 1. The Hall–Kier alpha value is -1.18. The normalized spacial score (nSPS) is 11.4. The number of phenolic OH excluding ortho intramolecular Hbond substituents is 1. The molecule has 2 nitrogen and oxygen atoms in total. The molecule has 0 spiro atoms. The largest absolute Gasteiger partial charge is 0.508 e. The van der Waals surface area contributed by atoms with E-state index in [1.807, 2.05) is 6.07 Å². The molecule has 0 saturated carbocycles. The lowest BCUT2D eigenvalue weighted by Gasteiger charge is -2.25. The minimum Gasteiger partial charge on any atom is -0.508 e. The molecule has 0 aliphatic heterocycles. The first-order valence-corrected chi connectivity index (χ1v) is 4.88. The fourth-order valence-corrected chi connectivity index (χ4v) is 1.42. The number of methoxy groups -OCH3 is 1. The highest BCUT2D eigenvalue weighted by atomic mass is 16.5. The molecule has 0 aliphatic carbocycles. The van der Waals surface area contributed by atoms with Crippen LogP contribution in [0.4, 0.5) is 0 Å². The van der Waals surface area contributed by atoms with Gasteiger partial charge in [-0.1, -0.05) is 20.8 Å². The Morgan fingerprint density at radius 2 is 2.00 bits per heavy atom. The Morgan fingerprint density at radius 1 is 1.36 bits per heavy atom. The van der Waals surface area contributed by atoms with Gasteiger partial charge in [0, 0.05) is 5.56 Å². The maximum absolute atomic E-state index is 9.44. The molecule has 0 unspecified atom stereocenters. The van der Waals surface area contributed by atoms with Gasteiger partial charge in [-0.05, 0) is 30.0 Å². The van der Waals surface area contributed by atoms with Crippen molar-refractivity contribution in [3.8, 4) is 11.5 Å². The van der Waals surface area contributed by atoms with Crippen molar-refractivity contribution < 1.29 is 9.84 Å². The van der Waals surface area contributed by atoms with Crippen LogP contribution in [0.5, 0.6) is 11.5 Å². The first kappa shape index (κ1) is 10.9. The van der Waals surface area contributed by atoms with Gasteiger partial charge in [0.05, 0.1) is 7.11 Å². The molecular weight excluding hydrogens is 176 g/mol. The fraction of sp³-hybridized carbons (Fsp3) is 0.500. The first-order chi connectivity index (χ1) is 6.51. The number of benzene rings is 1. The highest BCUT2D eigenvalue weighted by molar-refractivity contribution is 5.43. The molecule has 0 saturated heterocycles. The molecule has 78 valence electrons. The average molecular weight is 194 g/mol. The van der Waals surface area contributed by atoms with Gasteiger partial charge in [0.1, 0.15) is 11.5 Å². The predicted octanol–water partition coefficient (Wildman–Crippen LogP) is 3.09. The quantitative estimate of drug-likeness (QED) is 0.801. The van der Waals surface area contributed by atoms with Gasteiger partial charge < -0.3 is 9.84 Å². The maximum atomic E-state index is 9.44. The van der Waals surface area contributed by atoms with E-state index in [2.05, 4.69) is 20.8 Å². The predicted molar refractivity (Wildman–Crippen MR) is 58.0 cm³/mol. The van der Waals surface area contributed by atoms with E-state index in [1.165, 1.54) is 0 Å². The Balaban J connectivity index is 3.23. The van der Waals surface area contributed by atoms with E-state index in [1.54, 1.807) is 19.2 Å². The van der Waals surface area contributed by atoms with Crippen molar-refractivity contribution in [3.05, 3.63) is 23.8 Å². The monoisotopic (exact) mass is 194 g/mol. The van der Waals surface area contributed by atoms with Crippen molar-refractivity contribution in [2.24, 2.45) is 0 Å². The van der Waals surface area contributed by atoms with Crippen LogP contribution in [0, 0.1) is 0 Å². The van der Waals surface area contributed by atoms with E-state index in [0.717, 1.165) is 17.7 Å². The van der Waals surface area contributed by atoms with Crippen molar-refractivity contribution in [2.45, 2.75) is 32.6 Å². The first-order valence-electron chi connectivity index (χ1n) is 4.88. The third-order valence-corrected chi connectivity index (χ3v) is 2.80. The summed E-state index contributed by atoms with van der Waals surface area (Å²) in [5.41, 5.74) is 1.09. The number of ether oxygens (including phenoxy) is 1. The molecule has 0 aliphatic rings. The van der Waals surface area contributed by atoms with Crippen LogP contribution in [0.15, 0.2) is 18.2 Å². The number of phenols is 1.